The van der Waals surface area contributed by atoms with Gasteiger partial charge in [-0.2, -0.15) is 5.10 Å². The first-order valence-electron chi connectivity index (χ1n) is 6.68. The highest BCUT2D eigenvalue weighted by Gasteiger charge is 2.03. The van der Waals surface area contributed by atoms with Crippen LogP contribution in [0.4, 0.5) is 0 Å². The predicted octanol–water partition coefficient (Wildman–Crippen LogP) is 1.78. The highest BCUT2D eigenvalue weighted by molar-refractivity contribution is 5.77. The molecule has 1 aromatic carbocycles. The molecule has 2 aromatic rings. The number of ether oxygens (including phenoxy) is 1. The lowest BCUT2D eigenvalue weighted by molar-refractivity contribution is -0.123. The zero-order chi connectivity index (χ0) is 14.2. The fourth-order valence-corrected chi connectivity index (χ4v) is 1.81. The molecule has 0 spiro atoms. The van der Waals surface area contributed by atoms with Crippen molar-refractivity contribution in [2.24, 2.45) is 0 Å². The molecule has 0 aliphatic carbocycles. The molecule has 0 fully saturated rings. The van der Waals surface area contributed by atoms with E-state index in [0.29, 0.717) is 6.54 Å². The number of carbonyl (C=O) groups excluding carboxylic acids is 1. The van der Waals surface area contributed by atoms with Crippen LogP contribution in [0, 0.1) is 6.92 Å². The smallest absolute Gasteiger partial charge is 0.257 e. The number of nitrogens with one attached hydrogen (secondary N) is 1. The number of rotatable bonds is 7. The third-order valence-corrected chi connectivity index (χ3v) is 2.90. The van der Waals surface area contributed by atoms with Crippen LogP contribution in [-0.4, -0.2) is 28.8 Å². The van der Waals surface area contributed by atoms with Crippen molar-refractivity contribution in [1.29, 1.82) is 0 Å². The lowest BCUT2D eigenvalue weighted by atomic mass is 10.2. The summed E-state index contributed by atoms with van der Waals surface area (Å²) in [5.41, 5.74) is 1.03. The van der Waals surface area contributed by atoms with Crippen molar-refractivity contribution in [2.45, 2.75) is 19.9 Å². The molecule has 20 heavy (non-hydrogen) atoms. The van der Waals surface area contributed by atoms with Crippen molar-refractivity contribution in [3.05, 3.63) is 48.3 Å². The van der Waals surface area contributed by atoms with E-state index in [1.807, 2.05) is 48.1 Å². The summed E-state index contributed by atoms with van der Waals surface area (Å²) in [5.74, 6) is 0.646. The summed E-state index contributed by atoms with van der Waals surface area (Å²) in [6.45, 7) is 3.42. The van der Waals surface area contributed by atoms with Gasteiger partial charge in [0, 0.05) is 25.5 Å². The number of hydrogen-bond donors (Lipinski definition) is 1. The van der Waals surface area contributed by atoms with E-state index in [1.54, 1.807) is 6.20 Å². The molecule has 2 rings (SSSR count). The van der Waals surface area contributed by atoms with Gasteiger partial charge in [-0.15, -0.1) is 0 Å². The lowest BCUT2D eigenvalue weighted by Crippen LogP contribution is -2.30. The average molecular weight is 273 g/mol. The molecule has 0 bridgehead atoms. The Bertz CT molecular complexity index is 538. The number of amides is 1. The topological polar surface area (TPSA) is 56.1 Å². The number of benzene rings is 1. The van der Waals surface area contributed by atoms with Gasteiger partial charge in [0.2, 0.25) is 0 Å². The summed E-state index contributed by atoms with van der Waals surface area (Å²) in [7, 11) is 0. The van der Waals surface area contributed by atoms with Crippen LogP contribution in [0.1, 0.15) is 12.0 Å². The van der Waals surface area contributed by atoms with E-state index in [1.165, 1.54) is 0 Å². The lowest BCUT2D eigenvalue weighted by Gasteiger charge is -2.09. The number of carbonyl (C=O) groups is 1. The number of hydrogen-bond acceptors (Lipinski definition) is 3. The summed E-state index contributed by atoms with van der Waals surface area (Å²) >= 11 is 0. The molecule has 0 unspecified atom stereocenters. The van der Waals surface area contributed by atoms with E-state index in [4.69, 9.17) is 4.74 Å². The second-order valence-electron chi connectivity index (χ2n) is 4.53. The van der Waals surface area contributed by atoms with Crippen LogP contribution in [0.15, 0.2) is 42.7 Å². The SMILES string of the molecule is Cc1ccccc1OCC(=O)NCCCn1cccn1. The van der Waals surface area contributed by atoms with Crippen molar-refractivity contribution in [3.63, 3.8) is 0 Å². The minimum absolute atomic E-state index is 0.0482. The molecule has 0 aliphatic heterocycles. The minimum atomic E-state index is -0.103. The summed E-state index contributed by atoms with van der Waals surface area (Å²) in [5, 5.41) is 6.93. The molecule has 1 heterocycles. The van der Waals surface area contributed by atoms with Crippen molar-refractivity contribution in [3.8, 4) is 5.75 Å². The predicted molar refractivity (Wildman–Crippen MR) is 76.5 cm³/mol. The Morgan fingerprint density at radius 1 is 1.35 bits per heavy atom. The molecule has 106 valence electrons. The largest absolute Gasteiger partial charge is 0.484 e. The molecule has 0 saturated carbocycles. The van der Waals surface area contributed by atoms with Gasteiger partial charge in [-0.25, -0.2) is 0 Å². The molecule has 1 N–H and O–H groups in total. The van der Waals surface area contributed by atoms with Gasteiger partial charge in [0.25, 0.3) is 5.91 Å². The van der Waals surface area contributed by atoms with Crippen molar-refractivity contribution in [1.82, 2.24) is 15.1 Å². The zero-order valence-electron chi connectivity index (χ0n) is 11.6. The molecule has 1 aromatic heterocycles. The second-order valence-corrected chi connectivity index (χ2v) is 4.53. The third kappa shape index (κ3) is 4.42. The van der Waals surface area contributed by atoms with Gasteiger partial charge in [-0.3, -0.25) is 9.48 Å². The van der Waals surface area contributed by atoms with Gasteiger partial charge in [0.1, 0.15) is 5.75 Å². The van der Waals surface area contributed by atoms with Gasteiger partial charge in [-0.1, -0.05) is 18.2 Å². The molecule has 0 aliphatic rings. The van der Waals surface area contributed by atoms with Crippen LogP contribution in [0.3, 0.4) is 0 Å². The Morgan fingerprint density at radius 3 is 2.95 bits per heavy atom. The van der Waals surface area contributed by atoms with Gasteiger partial charge in [-0.05, 0) is 31.0 Å². The van der Waals surface area contributed by atoms with Gasteiger partial charge in [0.05, 0.1) is 0 Å². The first kappa shape index (κ1) is 14.1. The van der Waals surface area contributed by atoms with Crippen LogP contribution >= 0.6 is 0 Å². The van der Waals surface area contributed by atoms with E-state index in [9.17, 15) is 4.79 Å². The van der Waals surface area contributed by atoms with Crippen molar-refractivity contribution in [2.75, 3.05) is 13.2 Å². The highest BCUT2D eigenvalue weighted by Crippen LogP contribution is 2.15. The molecule has 5 heteroatoms. The molecule has 5 nitrogen and oxygen atoms in total. The first-order valence-corrected chi connectivity index (χ1v) is 6.68. The number of para-hydroxylation sites is 1. The van der Waals surface area contributed by atoms with Gasteiger partial charge >= 0.3 is 0 Å². The Balaban J connectivity index is 1.62. The fourth-order valence-electron chi connectivity index (χ4n) is 1.81. The van der Waals surface area contributed by atoms with Crippen LogP contribution in [-0.2, 0) is 11.3 Å². The second kappa shape index (κ2) is 7.33. The number of aryl methyl sites for hydroxylation is 2. The summed E-state index contributed by atoms with van der Waals surface area (Å²) in [6.07, 6.45) is 4.50. The monoisotopic (exact) mass is 273 g/mol. The average Bonchev–Trinajstić information content (AvgIpc) is 2.96. The molecule has 0 radical (unpaired) electrons. The van der Waals surface area contributed by atoms with Crippen molar-refractivity contribution >= 4 is 5.91 Å². The van der Waals surface area contributed by atoms with Gasteiger partial charge in [0.15, 0.2) is 6.61 Å². The molecule has 0 atom stereocenters. The van der Waals surface area contributed by atoms with E-state index < -0.39 is 0 Å². The summed E-state index contributed by atoms with van der Waals surface area (Å²) < 4.78 is 7.32. The minimum Gasteiger partial charge on any atom is -0.484 e. The maximum atomic E-state index is 11.6. The molecule has 0 saturated heterocycles. The van der Waals surface area contributed by atoms with Crippen molar-refractivity contribution < 1.29 is 9.53 Å². The molecular weight excluding hydrogens is 254 g/mol. The van der Waals surface area contributed by atoms with Crippen LogP contribution in [0.5, 0.6) is 5.75 Å². The number of nitrogens with zero attached hydrogens (tertiary/aromatic N) is 2. The summed E-state index contributed by atoms with van der Waals surface area (Å²) in [4.78, 5) is 11.6. The normalized spacial score (nSPS) is 10.2. The van der Waals surface area contributed by atoms with Crippen LogP contribution < -0.4 is 10.1 Å². The van der Waals surface area contributed by atoms with Crippen LogP contribution in [0.2, 0.25) is 0 Å². The molecular formula is C15H19N3O2. The third-order valence-electron chi connectivity index (χ3n) is 2.90. The van der Waals surface area contributed by atoms with Gasteiger partial charge < -0.3 is 10.1 Å². The maximum Gasteiger partial charge on any atom is 0.257 e. The van der Waals surface area contributed by atoms with E-state index in [0.717, 1.165) is 24.3 Å². The Hall–Kier alpha value is -2.30. The zero-order valence-corrected chi connectivity index (χ0v) is 11.6. The number of aromatic nitrogens is 2. The van der Waals surface area contributed by atoms with Crippen LogP contribution in [0.25, 0.3) is 0 Å². The van der Waals surface area contributed by atoms with E-state index >= 15 is 0 Å². The van der Waals surface area contributed by atoms with E-state index in [-0.39, 0.29) is 12.5 Å². The standard InChI is InChI=1S/C15H19N3O2/c1-13-6-2-3-7-14(13)20-12-15(19)16-8-4-10-18-11-5-9-17-18/h2-3,5-7,9,11H,4,8,10,12H2,1H3,(H,16,19). The quantitative estimate of drug-likeness (QED) is 0.782. The first-order chi connectivity index (χ1) is 9.75. The summed E-state index contributed by atoms with van der Waals surface area (Å²) in [6, 6.07) is 9.54. The Morgan fingerprint density at radius 2 is 2.20 bits per heavy atom. The Labute approximate surface area is 118 Å². The molecule has 1 amide bonds. The highest BCUT2D eigenvalue weighted by atomic mass is 16.5. The maximum absolute atomic E-state index is 11.6. The van der Waals surface area contributed by atoms with E-state index in [2.05, 4.69) is 10.4 Å². The fraction of sp³-hybridized carbons (Fsp3) is 0.333. The Kier molecular flexibility index (Phi) is 5.17.